The standard InChI is InChI=1S/C14H14N2O/c1-11-6-8-12(9-7-11)16(2)14(17)13-5-3-4-10-15-13/h3-10H,1-2H3. The molecule has 3 heteroatoms. The molecule has 0 saturated heterocycles. The lowest BCUT2D eigenvalue weighted by Crippen LogP contribution is -2.26. The van der Waals surface area contributed by atoms with Gasteiger partial charge in [0.15, 0.2) is 0 Å². The summed E-state index contributed by atoms with van der Waals surface area (Å²) in [7, 11) is 1.75. The molecule has 3 nitrogen and oxygen atoms in total. The summed E-state index contributed by atoms with van der Waals surface area (Å²) >= 11 is 0. The Labute approximate surface area is 101 Å². The Morgan fingerprint density at radius 3 is 2.41 bits per heavy atom. The SMILES string of the molecule is Cc1ccc(N(C)C(=O)c2ccccn2)cc1. The van der Waals surface area contributed by atoms with Crippen LogP contribution >= 0.6 is 0 Å². The van der Waals surface area contributed by atoms with Gasteiger partial charge in [0.1, 0.15) is 5.69 Å². The lowest BCUT2D eigenvalue weighted by Gasteiger charge is -2.16. The second-order valence-corrected chi connectivity index (χ2v) is 3.91. The van der Waals surface area contributed by atoms with E-state index in [9.17, 15) is 4.79 Å². The van der Waals surface area contributed by atoms with Crippen LogP contribution in [0.25, 0.3) is 0 Å². The molecule has 0 bridgehead atoms. The molecular formula is C14H14N2O. The molecule has 0 unspecified atom stereocenters. The molecule has 1 aromatic heterocycles. The molecule has 0 aliphatic heterocycles. The van der Waals surface area contributed by atoms with Crippen molar-refractivity contribution >= 4 is 11.6 Å². The zero-order valence-corrected chi connectivity index (χ0v) is 9.92. The second kappa shape index (κ2) is 4.78. The van der Waals surface area contributed by atoms with Crippen molar-refractivity contribution in [2.75, 3.05) is 11.9 Å². The molecule has 2 rings (SSSR count). The molecule has 0 saturated carbocycles. The number of amides is 1. The van der Waals surface area contributed by atoms with E-state index in [-0.39, 0.29) is 5.91 Å². The Morgan fingerprint density at radius 2 is 1.82 bits per heavy atom. The molecule has 1 heterocycles. The molecule has 2 aromatic rings. The van der Waals surface area contributed by atoms with Gasteiger partial charge in [0.2, 0.25) is 0 Å². The van der Waals surface area contributed by atoms with E-state index >= 15 is 0 Å². The number of benzene rings is 1. The van der Waals surface area contributed by atoms with Crippen molar-refractivity contribution in [2.24, 2.45) is 0 Å². The molecule has 0 aliphatic rings. The van der Waals surface area contributed by atoms with E-state index in [1.807, 2.05) is 37.3 Å². The van der Waals surface area contributed by atoms with Gasteiger partial charge in [-0.3, -0.25) is 9.78 Å². The van der Waals surface area contributed by atoms with Crippen LogP contribution in [0.5, 0.6) is 0 Å². The number of hydrogen-bond acceptors (Lipinski definition) is 2. The van der Waals surface area contributed by atoms with E-state index in [4.69, 9.17) is 0 Å². The first-order valence-corrected chi connectivity index (χ1v) is 5.44. The third-order valence-electron chi connectivity index (χ3n) is 2.61. The third-order valence-corrected chi connectivity index (χ3v) is 2.61. The Balaban J connectivity index is 2.23. The summed E-state index contributed by atoms with van der Waals surface area (Å²) in [6, 6.07) is 13.1. The summed E-state index contributed by atoms with van der Waals surface area (Å²) in [5, 5.41) is 0. The highest BCUT2D eigenvalue weighted by Gasteiger charge is 2.13. The highest BCUT2D eigenvalue weighted by Crippen LogP contribution is 2.15. The summed E-state index contributed by atoms with van der Waals surface area (Å²) < 4.78 is 0. The smallest absolute Gasteiger partial charge is 0.276 e. The molecule has 0 fully saturated rings. The van der Waals surface area contributed by atoms with Crippen LogP contribution < -0.4 is 4.90 Å². The first-order chi connectivity index (χ1) is 8.18. The molecule has 0 spiro atoms. The van der Waals surface area contributed by atoms with E-state index in [1.165, 1.54) is 5.56 Å². The van der Waals surface area contributed by atoms with Gasteiger partial charge in [-0.05, 0) is 31.2 Å². The maximum atomic E-state index is 12.1. The van der Waals surface area contributed by atoms with Crippen LogP contribution in [-0.2, 0) is 0 Å². The molecule has 1 aromatic carbocycles. The van der Waals surface area contributed by atoms with Gasteiger partial charge in [0.25, 0.3) is 5.91 Å². The molecular weight excluding hydrogens is 212 g/mol. The fraction of sp³-hybridized carbons (Fsp3) is 0.143. The van der Waals surface area contributed by atoms with Crippen LogP contribution in [0.15, 0.2) is 48.7 Å². The van der Waals surface area contributed by atoms with Crippen LogP contribution in [0.2, 0.25) is 0 Å². The van der Waals surface area contributed by atoms with Crippen LogP contribution in [0, 0.1) is 6.92 Å². The number of nitrogens with zero attached hydrogens (tertiary/aromatic N) is 2. The molecule has 17 heavy (non-hydrogen) atoms. The van der Waals surface area contributed by atoms with Crippen molar-refractivity contribution < 1.29 is 4.79 Å². The van der Waals surface area contributed by atoms with Crippen molar-refractivity contribution in [3.63, 3.8) is 0 Å². The van der Waals surface area contributed by atoms with E-state index < -0.39 is 0 Å². The summed E-state index contributed by atoms with van der Waals surface area (Å²) in [4.78, 5) is 17.7. The zero-order valence-electron chi connectivity index (χ0n) is 9.92. The summed E-state index contributed by atoms with van der Waals surface area (Å²) in [6.07, 6.45) is 1.62. The summed E-state index contributed by atoms with van der Waals surface area (Å²) in [6.45, 7) is 2.02. The van der Waals surface area contributed by atoms with Gasteiger partial charge >= 0.3 is 0 Å². The maximum absolute atomic E-state index is 12.1. The maximum Gasteiger partial charge on any atom is 0.276 e. The largest absolute Gasteiger partial charge is 0.310 e. The predicted octanol–water partition coefficient (Wildman–Crippen LogP) is 2.67. The van der Waals surface area contributed by atoms with Gasteiger partial charge in [-0.25, -0.2) is 0 Å². The van der Waals surface area contributed by atoms with Crippen molar-refractivity contribution in [3.05, 3.63) is 59.9 Å². The molecule has 1 amide bonds. The van der Waals surface area contributed by atoms with Crippen LogP contribution in [-0.4, -0.2) is 17.9 Å². The van der Waals surface area contributed by atoms with Crippen LogP contribution in [0.3, 0.4) is 0 Å². The molecule has 0 aliphatic carbocycles. The van der Waals surface area contributed by atoms with Crippen molar-refractivity contribution in [1.82, 2.24) is 4.98 Å². The fourth-order valence-electron chi connectivity index (χ4n) is 1.55. The minimum atomic E-state index is -0.102. The van der Waals surface area contributed by atoms with Gasteiger partial charge in [-0.15, -0.1) is 0 Å². The molecule has 0 N–H and O–H groups in total. The van der Waals surface area contributed by atoms with Gasteiger partial charge in [0, 0.05) is 18.9 Å². The van der Waals surface area contributed by atoms with Gasteiger partial charge in [0.05, 0.1) is 0 Å². The lowest BCUT2D eigenvalue weighted by atomic mass is 10.2. The van der Waals surface area contributed by atoms with E-state index in [0.29, 0.717) is 5.69 Å². The van der Waals surface area contributed by atoms with E-state index in [2.05, 4.69) is 4.98 Å². The van der Waals surface area contributed by atoms with Gasteiger partial charge < -0.3 is 4.90 Å². The van der Waals surface area contributed by atoms with Crippen molar-refractivity contribution in [3.8, 4) is 0 Å². The number of carbonyl (C=O) groups is 1. The number of anilines is 1. The third kappa shape index (κ3) is 2.50. The number of carbonyl (C=O) groups excluding carboxylic acids is 1. The molecule has 0 radical (unpaired) electrons. The average Bonchev–Trinajstić information content (AvgIpc) is 2.39. The summed E-state index contributed by atoms with van der Waals surface area (Å²) in [5.41, 5.74) is 2.49. The number of aryl methyl sites for hydroxylation is 1. The highest BCUT2D eigenvalue weighted by atomic mass is 16.2. The number of pyridine rings is 1. The Hall–Kier alpha value is -2.16. The predicted molar refractivity (Wildman–Crippen MR) is 68.1 cm³/mol. The summed E-state index contributed by atoms with van der Waals surface area (Å²) in [5.74, 6) is -0.102. The molecule has 86 valence electrons. The van der Waals surface area contributed by atoms with Crippen molar-refractivity contribution in [2.45, 2.75) is 6.92 Å². The monoisotopic (exact) mass is 226 g/mol. The van der Waals surface area contributed by atoms with E-state index in [1.54, 1.807) is 30.3 Å². The minimum Gasteiger partial charge on any atom is -0.310 e. The van der Waals surface area contributed by atoms with Crippen LogP contribution in [0.4, 0.5) is 5.69 Å². The Bertz CT molecular complexity index is 506. The Kier molecular flexibility index (Phi) is 3.19. The Morgan fingerprint density at radius 1 is 1.12 bits per heavy atom. The highest BCUT2D eigenvalue weighted by molar-refractivity contribution is 6.04. The van der Waals surface area contributed by atoms with Crippen LogP contribution in [0.1, 0.15) is 16.1 Å². The van der Waals surface area contributed by atoms with E-state index in [0.717, 1.165) is 5.69 Å². The molecule has 0 atom stereocenters. The first-order valence-electron chi connectivity index (χ1n) is 5.44. The van der Waals surface area contributed by atoms with Crippen molar-refractivity contribution in [1.29, 1.82) is 0 Å². The lowest BCUT2D eigenvalue weighted by molar-refractivity contribution is 0.0988. The number of hydrogen-bond donors (Lipinski definition) is 0. The fourth-order valence-corrected chi connectivity index (χ4v) is 1.55. The quantitative estimate of drug-likeness (QED) is 0.788. The second-order valence-electron chi connectivity index (χ2n) is 3.91. The zero-order chi connectivity index (χ0) is 12.3. The first kappa shape index (κ1) is 11.3. The number of rotatable bonds is 2. The minimum absolute atomic E-state index is 0.102. The normalized spacial score (nSPS) is 10.0. The average molecular weight is 226 g/mol. The van der Waals surface area contributed by atoms with Gasteiger partial charge in [-0.1, -0.05) is 23.8 Å². The topological polar surface area (TPSA) is 33.2 Å². The van der Waals surface area contributed by atoms with Gasteiger partial charge in [-0.2, -0.15) is 0 Å². The number of aromatic nitrogens is 1.